The number of nitrogens with zero attached hydrogens (tertiary/aromatic N) is 1. The molecule has 0 spiro atoms. The Bertz CT molecular complexity index is 623. The van der Waals surface area contributed by atoms with E-state index in [0.29, 0.717) is 18.7 Å². The second kappa shape index (κ2) is 11.2. The molecule has 0 radical (unpaired) electrons. The number of pyridine rings is 1. The number of fused-ring (bicyclic) bond motifs is 1. The van der Waals surface area contributed by atoms with Crippen molar-refractivity contribution in [3.8, 4) is 0 Å². The highest BCUT2D eigenvalue weighted by Crippen LogP contribution is 2.19. The summed E-state index contributed by atoms with van der Waals surface area (Å²) in [6.45, 7) is 4.70. The van der Waals surface area contributed by atoms with E-state index >= 15 is 0 Å². The number of carbonyl (C=O) groups is 1. The molecule has 1 aromatic carbocycles. The average Bonchev–Trinajstić information content (AvgIpc) is 2.51. The van der Waals surface area contributed by atoms with Gasteiger partial charge in [-0.05, 0) is 18.6 Å². The molecule has 0 aliphatic carbocycles. The van der Waals surface area contributed by atoms with Gasteiger partial charge in [-0.25, -0.2) is 0 Å². The SMILES string of the molecule is COCCNCCNC(=O)c1cnc2ccccc2c1C.Cl.Cl. The van der Waals surface area contributed by atoms with E-state index in [9.17, 15) is 4.79 Å². The van der Waals surface area contributed by atoms with Crippen LogP contribution in [0.5, 0.6) is 0 Å². The van der Waals surface area contributed by atoms with E-state index in [2.05, 4.69) is 15.6 Å². The number of methoxy groups -OCH3 is 1. The predicted octanol–water partition coefficient (Wildman–Crippen LogP) is 2.35. The van der Waals surface area contributed by atoms with Gasteiger partial charge in [-0.15, -0.1) is 24.8 Å². The third-order valence-electron chi connectivity index (χ3n) is 3.36. The average molecular weight is 360 g/mol. The molecule has 0 aliphatic heterocycles. The second-order valence-corrected chi connectivity index (χ2v) is 4.81. The van der Waals surface area contributed by atoms with E-state index in [-0.39, 0.29) is 30.7 Å². The van der Waals surface area contributed by atoms with Crippen LogP contribution in [0.25, 0.3) is 10.9 Å². The molecule has 1 aromatic heterocycles. The molecular formula is C16H23Cl2N3O2. The number of aryl methyl sites for hydroxylation is 1. The fraction of sp³-hybridized carbons (Fsp3) is 0.375. The van der Waals surface area contributed by atoms with Crippen molar-refractivity contribution >= 4 is 41.6 Å². The van der Waals surface area contributed by atoms with E-state index in [1.165, 1.54) is 0 Å². The van der Waals surface area contributed by atoms with Crippen LogP contribution in [-0.4, -0.2) is 44.2 Å². The Morgan fingerprint density at radius 1 is 1.17 bits per heavy atom. The van der Waals surface area contributed by atoms with Crippen molar-refractivity contribution in [3.63, 3.8) is 0 Å². The van der Waals surface area contributed by atoms with Crippen LogP contribution in [0.1, 0.15) is 15.9 Å². The molecule has 0 aliphatic rings. The van der Waals surface area contributed by atoms with E-state index in [4.69, 9.17) is 4.74 Å². The highest BCUT2D eigenvalue weighted by atomic mass is 35.5. The lowest BCUT2D eigenvalue weighted by Gasteiger charge is -2.10. The van der Waals surface area contributed by atoms with Crippen molar-refractivity contribution in [2.45, 2.75) is 6.92 Å². The summed E-state index contributed by atoms with van der Waals surface area (Å²) >= 11 is 0. The summed E-state index contributed by atoms with van der Waals surface area (Å²) in [5, 5.41) is 7.10. The molecule has 0 bridgehead atoms. The number of ether oxygens (including phenoxy) is 1. The number of para-hydroxylation sites is 1. The van der Waals surface area contributed by atoms with Crippen LogP contribution in [-0.2, 0) is 4.74 Å². The van der Waals surface area contributed by atoms with Gasteiger partial charge in [0.1, 0.15) is 0 Å². The third-order valence-corrected chi connectivity index (χ3v) is 3.36. The first-order valence-electron chi connectivity index (χ1n) is 7.06. The largest absolute Gasteiger partial charge is 0.383 e. The third kappa shape index (κ3) is 5.95. The topological polar surface area (TPSA) is 63.2 Å². The Hall–Kier alpha value is -1.40. The number of carbonyl (C=O) groups excluding carboxylic acids is 1. The van der Waals surface area contributed by atoms with Gasteiger partial charge in [0.15, 0.2) is 0 Å². The highest BCUT2D eigenvalue weighted by Gasteiger charge is 2.11. The molecule has 0 saturated carbocycles. The summed E-state index contributed by atoms with van der Waals surface area (Å²) in [5.74, 6) is -0.0840. The summed E-state index contributed by atoms with van der Waals surface area (Å²) in [6.07, 6.45) is 1.64. The second-order valence-electron chi connectivity index (χ2n) is 4.81. The first kappa shape index (κ1) is 21.6. The maximum Gasteiger partial charge on any atom is 0.253 e. The number of amides is 1. The van der Waals surface area contributed by atoms with Gasteiger partial charge in [0.05, 0.1) is 17.7 Å². The van der Waals surface area contributed by atoms with Crippen molar-refractivity contribution in [2.75, 3.05) is 33.4 Å². The Balaban J connectivity index is 0.00000242. The summed E-state index contributed by atoms with van der Waals surface area (Å²) in [7, 11) is 1.67. The van der Waals surface area contributed by atoms with Crippen LogP contribution in [0.15, 0.2) is 30.5 Å². The minimum atomic E-state index is -0.0840. The quantitative estimate of drug-likeness (QED) is 0.744. The number of hydrogen-bond acceptors (Lipinski definition) is 4. The Labute approximate surface area is 149 Å². The molecule has 7 heteroatoms. The van der Waals surface area contributed by atoms with Gasteiger partial charge in [-0.3, -0.25) is 9.78 Å². The number of halogens is 2. The normalized spacial score (nSPS) is 9.83. The summed E-state index contributed by atoms with van der Waals surface area (Å²) in [6, 6.07) is 7.84. The first-order valence-corrected chi connectivity index (χ1v) is 7.06. The van der Waals surface area contributed by atoms with Crippen molar-refractivity contribution < 1.29 is 9.53 Å². The lowest BCUT2D eigenvalue weighted by Crippen LogP contribution is -2.33. The van der Waals surface area contributed by atoms with Crippen molar-refractivity contribution in [1.29, 1.82) is 0 Å². The number of hydrogen-bond donors (Lipinski definition) is 2. The number of aromatic nitrogens is 1. The van der Waals surface area contributed by atoms with Crippen molar-refractivity contribution in [3.05, 3.63) is 41.6 Å². The zero-order valence-electron chi connectivity index (χ0n) is 13.3. The molecule has 128 valence electrons. The van der Waals surface area contributed by atoms with Crippen LogP contribution in [0.4, 0.5) is 0 Å². The number of nitrogens with one attached hydrogen (secondary N) is 2. The molecule has 0 fully saturated rings. The zero-order valence-corrected chi connectivity index (χ0v) is 14.9. The molecule has 0 atom stereocenters. The highest BCUT2D eigenvalue weighted by molar-refractivity contribution is 5.99. The standard InChI is InChI=1S/C16H21N3O2.2ClH/c1-12-13-5-3-4-6-15(13)19-11-14(12)16(20)18-8-7-17-9-10-21-2;;/h3-6,11,17H,7-10H2,1-2H3,(H,18,20);2*1H. The van der Waals surface area contributed by atoms with Crippen LogP contribution in [0.3, 0.4) is 0 Å². The van der Waals surface area contributed by atoms with Crippen molar-refractivity contribution in [2.24, 2.45) is 0 Å². The first-order chi connectivity index (χ1) is 10.2. The fourth-order valence-electron chi connectivity index (χ4n) is 2.17. The molecule has 2 rings (SSSR count). The Kier molecular flexibility index (Phi) is 10.5. The lowest BCUT2D eigenvalue weighted by molar-refractivity contribution is 0.0953. The van der Waals surface area contributed by atoms with E-state index in [1.807, 2.05) is 31.2 Å². The van der Waals surface area contributed by atoms with E-state index < -0.39 is 0 Å². The number of benzene rings is 1. The number of rotatable bonds is 7. The van der Waals surface area contributed by atoms with Gasteiger partial charge in [-0.2, -0.15) is 0 Å². The minimum absolute atomic E-state index is 0. The predicted molar refractivity (Wildman–Crippen MR) is 98.1 cm³/mol. The minimum Gasteiger partial charge on any atom is -0.383 e. The molecular weight excluding hydrogens is 337 g/mol. The Morgan fingerprint density at radius 2 is 1.91 bits per heavy atom. The maximum atomic E-state index is 12.2. The van der Waals surface area contributed by atoms with Gasteiger partial charge in [0, 0.05) is 38.3 Å². The van der Waals surface area contributed by atoms with Crippen LogP contribution >= 0.6 is 24.8 Å². The van der Waals surface area contributed by atoms with Gasteiger partial charge in [-0.1, -0.05) is 18.2 Å². The van der Waals surface area contributed by atoms with Gasteiger partial charge >= 0.3 is 0 Å². The molecule has 1 heterocycles. The van der Waals surface area contributed by atoms with Crippen LogP contribution in [0.2, 0.25) is 0 Å². The maximum absolute atomic E-state index is 12.2. The van der Waals surface area contributed by atoms with Gasteiger partial charge in [0.25, 0.3) is 5.91 Å². The van der Waals surface area contributed by atoms with Gasteiger partial charge in [0.2, 0.25) is 0 Å². The lowest BCUT2D eigenvalue weighted by atomic mass is 10.0. The molecule has 5 nitrogen and oxygen atoms in total. The van der Waals surface area contributed by atoms with Crippen LogP contribution in [0, 0.1) is 6.92 Å². The molecule has 1 amide bonds. The summed E-state index contributed by atoms with van der Waals surface area (Å²) < 4.78 is 4.94. The molecule has 23 heavy (non-hydrogen) atoms. The summed E-state index contributed by atoms with van der Waals surface area (Å²) in [5.41, 5.74) is 2.50. The molecule has 2 N–H and O–H groups in total. The summed E-state index contributed by atoms with van der Waals surface area (Å²) in [4.78, 5) is 16.5. The monoisotopic (exact) mass is 359 g/mol. The fourth-order valence-corrected chi connectivity index (χ4v) is 2.17. The van der Waals surface area contributed by atoms with E-state index in [0.717, 1.165) is 29.6 Å². The van der Waals surface area contributed by atoms with Gasteiger partial charge < -0.3 is 15.4 Å². The van der Waals surface area contributed by atoms with E-state index in [1.54, 1.807) is 13.3 Å². The Morgan fingerprint density at radius 3 is 2.65 bits per heavy atom. The van der Waals surface area contributed by atoms with Crippen LogP contribution < -0.4 is 10.6 Å². The molecule has 2 aromatic rings. The zero-order chi connectivity index (χ0) is 15.1. The van der Waals surface area contributed by atoms with Crippen molar-refractivity contribution in [1.82, 2.24) is 15.6 Å². The smallest absolute Gasteiger partial charge is 0.253 e. The molecule has 0 unspecified atom stereocenters. The molecule has 0 saturated heterocycles.